The fourth-order valence-electron chi connectivity index (χ4n) is 2.24. The van der Waals surface area contributed by atoms with Crippen LogP contribution in [0.25, 0.3) is 0 Å². The van der Waals surface area contributed by atoms with Crippen molar-refractivity contribution in [1.29, 1.82) is 0 Å². The van der Waals surface area contributed by atoms with Crippen molar-refractivity contribution >= 4 is 15.9 Å². The maximum atomic E-state index is 12.5. The van der Waals surface area contributed by atoms with Crippen LogP contribution in [0.1, 0.15) is 12.5 Å². The van der Waals surface area contributed by atoms with Gasteiger partial charge in [0, 0.05) is 25.2 Å². The smallest absolute Gasteiger partial charge is 0.246 e. The molecule has 2 rings (SSSR count). The summed E-state index contributed by atoms with van der Waals surface area (Å²) >= 11 is 0. The van der Waals surface area contributed by atoms with E-state index in [1.807, 2.05) is 0 Å². The van der Waals surface area contributed by atoms with Crippen LogP contribution in [0.3, 0.4) is 0 Å². The van der Waals surface area contributed by atoms with E-state index in [1.54, 1.807) is 31.2 Å². The summed E-state index contributed by atoms with van der Waals surface area (Å²) in [7, 11) is -3.45. The first kappa shape index (κ1) is 17.7. The lowest BCUT2D eigenvalue weighted by molar-refractivity contribution is -0.117. The number of carbonyl (C=O) groups excluding carboxylic acids is 1. The van der Waals surface area contributed by atoms with Crippen molar-refractivity contribution in [3.8, 4) is 0 Å². The van der Waals surface area contributed by atoms with Gasteiger partial charge < -0.3 is 10.1 Å². The minimum absolute atomic E-state index is 0.170. The van der Waals surface area contributed by atoms with E-state index in [-0.39, 0.29) is 10.8 Å². The average molecular weight is 338 g/mol. The molecule has 1 N–H and O–H groups in total. The van der Waals surface area contributed by atoms with Gasteiger partial charge >= 0.3 is 0 Å². The Morgan fingerprint density at radius 1 is 1.26 bits per heavy atom. The van der Waals surface area contributed by atoms with Gasteiger partial charge in [0.05, 0.1) is 18.1 Å². The molecule has 0 unspecified atom stereocenters. The molecule has 1 fully saturated rings. The van der Waals surface area contributed by atoms with Gasteiger partial charge in [-0.05, 0) is 31.0 Å². The van der Waals surface area contributed by atoms with Crippen LogP contribution in [0, 0.1) is 0 Å². The van der Waals surface area contributed by atoms with E-state index < -0.39 is 10.0 Å². The highest BCUT2D eigenvalue weighted by atomic mass is 32.2. The van der Waals surface area contributed by atoms with Gasteiger partial charge in [0.1, 0.15) is 0 Å². The highest BCUT2D eigenvalue weighted by molar-refractivity contribution is 7.89. The third-order valence-corrected chi connectivity index (χ3v) is 5.53. The maximum absolute atomic E-state index is 12.5. The predicted octanol–water partition coefficient (Wildman–Crippen LogP) is 0.942. The van der Waals surface area contributed by atoms with Crippen molar-refractivity contribution in [2.45, 2.75) is 18.2 Å². The molecule has 0 aromatic heterocycles. The maximum Gasteiger partial charge on any atom is 0.246 e. The summed E-state index contributed by atoms with van der Waals surface area (Å²) in [6.45, 7) is 7.34. The second-order valence-corrected chi connectivity index (χ2v) is 7.38. The predicted molar refractivity (Wildman–Crippen MR) is 87.5 cm³/mol. The molecule has 0 atom stereocenters. The SMILES string of the molecule is C=C(C)C(=O)NCCc1ccc(S(=O)(=O)N2CCOCC2)cc1. The standard InChI is InChI=1S/C16H22N2O4S/c1-13(2)16(19)17-8-7-14-3-5-15(6-4-14)23(20,21)18-9-11-22-12-10-18/h3-6H,1,7-12H2,2H3,(H,17,19). The molecule has 6 nitrogen and oxygen atoms in total. The summed E-state index contributed by atoms with van der Waals surface area (Å²) in [5.41, 5.74) is 1.44. The molecule has 0 aliphatic carbocycles. The van der Waals surface area contributed by atoms with Crippen LogP contribution in [-0.2, 0) is 26.0 Å². The van der Waals surface area contributed by atoms with Crippen LogP contribution in [0.5, 0.6) is 0 Å². The Hall–Kier alpha value is -1.70. The summed E-state index contributed by atoms with van der Waals surface area (Å²) < 4.78 is 31.6. The normalized spacial score (nSPS) is 16.0. The third-order valence-electron chi connectivity index (χ3n) is 3.62. The van der Waals surface area contributed by atoms with Crippen molar-refractivity contribution in [3.05, 3.63) is 42.0 Å². The Kier molecular flexibility index (Phi) is 5.92. The summed E-state index contributed by atoms with van der Waals surface area (Å²) in [6.07, 6.45) is 0.636. The van der Waals surface area contributed by atoms with Crippen molar-refractivity contribution in [3.63, 3.8) is 0 Å². The summed E-state index contributed by atoms with van der Waals surface area (Å²) in [6, 6.07) is 6.78. The highest BCUT2D eigenvalue weighted by Crippen LogP contribution is 2.17. The van der Waals surface area contributed by atoms with Gasteiger partial charge in [0.25, 0.3) is 0 Å². The fourth-order valence-corrected chi connectivity index (χ4v) is 3.64. The van der Waals surface area contributed by atoms with E-state index in [9.17, 15) is 13.2 Å². The first-order chi connectivity index (χ1) is 10.9. The van der Waals surface area contributed by atoms with E-state index in [0.717, 1.165) is 5.56 Å². The van der Waals surface area contributed by atoms with E-state index in [0.29, 0.717) is 44.8 Å². The van der Waals surface area contributed by atoms with E-state index >= 15 is 0 Å². The second-order valence-electron chi connectivity index (χ2n) is 5.45. The van der Waals surface area contributed by atoms with Crippen molar-refractivity contribution in [2.24, 2.45) is 0 Å². The molecule has 126 valence electrons. The number of morpholine rings is 1. The Morgan fingerprint density at radius 3 is 2.43 bits per heavy atom. The largest absolute Gasteiger partial charge is 0.379 e. The lowest BCUT2D eigenvalue weighted by Gasteiger charge is -2.26. The average Bonchev–Trinajstić information content (AvgIpc) is 2.56. The van der Waals surface area contributed by atoms with Crippen LogP contribution < -0.4 is 5.32 Å². The van der Waals surface area contributed by atoms with Crippen LogP contribution in [0.4, 0.5) is 0 Å². The van der Waals surface area contributed by atoms with E-state index in [1.165, 1.54) is 4.31 Å². The second kappa shape index (κ2) is 7.72. The van der Waals surface area contributed by atoms with Crippen LogP contribution >= 0.6 is 0 Å². The minimum Gasteiger partial charge on any atom is -0.379 e. The molecule has 0 radical (unpaired) electrons. The molecular weight excluding hydrogens is 316 g/mol. The van der Waals surface area contributed by atoms with E-state index in [2.05, 4.69) is 11.9 Å². The number of benzene rings is 1. The molecule has 1 aliphatic heterocycles. The van der Waals surface area contributed by atoms with Crippen molar-refractivity contribution in [2.75, 3.05) is 32.8 Å². The summed E-state index contributed by atoms with van der Waals surface area (Å²) in [4.78, 5) is 11.7. The molecule has 1 aliphatic rings. The number of hydrogen-bond donors (Lipinski definition) is 1. The Labute approximate surface area is 137 Å². The molecule has 0 saturated carbocycles. The van der Waals surface area contributed by atoms with E-state index in [4.69, 9.17) is 4.74 Å². The molecule has 1 heterocycles. The highest BCUT2D eigenvalue weighted by Gasteiger charge is 2.25. The van der Waals surface area contributed by atoms with Crippen molar-refractivity contribution < 1.29 is 17.9 Å². The third kappa shape index (κ3) is 4.63. The quantitative estimate of drug-likeness (QED) is 0.784. The van der Waals surface area contributed by atoms with Crippen LogP contribution in [0.15, 0.2) is 41.3 Å². The van der Waals surface area contributed by atoms with Gasteiger partial charge in [-0.15, -0.1) is 0 Å². The monoisotopic (exact) mass is 338 g/mol. The number of sulfonamides is 1. The zero-order valence-corrected chi connectivity index (χ0v) is 14.1. The van der Waals surface area contributed by atoms with Gasteiger partial charge in [-0.2, -0.15) is 4.31 Å². The van der Waals surface area contributed by atoms with Gasteiger partial charge in [-0.1, -0.05) is 18.7 Å². The van der Waals surface area contributed by atoms with Crippen LogP contribution in [-0.4, -0.2) is 51.5 Å². The zero-order valence-electron chi connectivity index (χ0n) is 13.2. The van der Waals surface area contributed by atoms with Gasteiger partial charge in [-0.25, -0.2) is 8.42 Å². The number of carbonyl (C=O) groups is 1. The molecule has 23 heavy (non-hydrogen) atoms. The molecule has 1 saturated heterocycles. The first-order valence-corrected chi connectivity index (χ1v) is 8.96. The number of ether oxygens (including phenoxy) is 1. The lowest BCUT2D eigenvalue weighted by Crippen LogP contribution is -2.40. The molecule has 7 heteroatoms. The molecule has 0 bridgehead atoms. The first-order valence-electron chi connectivity index (χ1n) is 7.52. The Balaban J connectivity index is 1.96. The number of nitrogens with one attached hydrogen (secondary N) is 1. The number of nitrogens with zero attached hydrogens (tertiary/aromatic N) is 1. The fraction of sp³-hybridized carbons (Fsp3) is 0.438. The Bertz CT molecular complexity index is 662. The number of hydrogen-bond acceptors (Lipinski definition) is 4. The zero-order chi connectivity index (χ0) is 16.9. The lowest BCUT2D eigenvalue weighted by atomic mass is 10.1. The number of rotatable bonds is 6. The van der Waals surface area contributed by atoms with Crippen molar-refractivity contribution in [1.82, 2.24) is 9.62 Å². The summed E-state index contributed by atoms with van der Waals surface area (Å²) in [5, 5.41) is 2.75. The van der Waals surface area contributed by atoms with Gasteiger partial charge in [0.15, 0.2) is 0 Å². The molecular formula is C16H22N2O4S. The topological polar surface area (TPSA) is 75.7 Å². The molecule has 1 amide bonds. The molecule has 1 aromatic carbocycles. The molecule has 0 spiro atoms. The molecule has 1 aromatic rings. The van der Waals surface area contributed by atoms with Gasteiger partial charge in [0.2, 0.25) is 15.9 Å². The number of amides is 1. The van der Waals surface area contributed by atoms with Crippen LogP contribution in [0.2, 0.25) is 0 Å². The Morgan fingerprint density at radius 2 is 1.87 bits per heavy atom. The minimum atomic E-state index is -3.45. The summed E-state index contributed by atoms with van der Waals surface area (Å²) in [5.74, 6) is -0.170. The van der Waals surface area contributed by atoms with Gasteiger partial charge in [-0.3, -0.25) is 4.79 Å².